The van der Waals surface area contributed by atoms with Crippen molar-refractivity contribution in [3.63, 3.8) is 0 Å². The number of rotatable bonds is 5. The van der Waals surface area contributed by atoms with Gasteiger partial charge in [0.2, 0.25) is 0 Å². The van der Waals surface area contributed by atoms with Gasteiger partial charge in [-0.1, -0.05) is 6.07 Å². The molecule has 1 aromatic rings. The fraction of sp³-hybridized carbons (Fsp3) is 0.625. The number of nitrogens with one attached hydrogen (secondary N) is 2. The number of aromatic nitrogens is 1. The lowest BCUT2D eigenvalue weighted by atomic mass is 10.2. The molecule has 2 N–H and O–H groups in total. The second kappa shape index (κ2) is 8.12. The highest BCUT2D eigenvalue weighted by Gasteiger charge is 2.16. The van der Waals surface area contributed by atoms with Gasteiger partial charge in [0.1, 0.15) is 5.82 Å². The van der Waals surface area contributed by atoms with Gasteiger partial charge in [-0.15, -0.1) is 0 Å². The first kappa shape index (κ1) is 16.0. The van der Waals surface area contributed by atoms with E-state index in [1.807, 2.05) is 18.3 Å². The van der Waals surface area contributed by atoms with Crippen LogP contribution in [-0.4, -0.2) is 56.6 Å². The van der Waals surface area contributed by atoms with Gasteiger partial charge in [-0.25, -0.2) is 9.78 Å². The van der Waals surface area contributed by atoms with Gasteiger partial charge >= 0.3 is 6.03 Å². The van der Waals surface area contributed by atoms with E-state index in [0.29, 0.717) is 13.1 Å². The van der Waals surface area contributed by atoms with E-state index in [-0.39, 0.29) is 12.1 Å². The Hall–Kier alpha value is -1.86. The standard InChI is InChI=1S/C16H24N4O3/c21-16(19-12-14-2-1-7-23-14)18-11-13-3-4-15(17-10-13)20-5-8-22-9-6-20/h3-4,10,14H,1-2,5-9,11-12H2,(H2,18,19,21)/t14-/m1/s1. The summed E-state index contributed by atoms with van der Waals surface area (Å²) in [4.78, 5) is 18.4. The lowest BCUT2D eigenvalue weighted by Crippen LogP contribution is -2.39. The molecule has 2 saturated heterocycles. The number of carbonyl (C=O) groups is 1. The van der Waals surface area contributed by atoms with Crippen LogP contribution in [-0.2, 0) is 16.0 Å². The van der Waals surface area contributed by atoms with Crippen LogP contribution in [0.5, 0.6) is 0 Å². The topological polar surface area (TPSA) is 75.7 Å². The van der Waals surface area contributed by atoms with Crippen LogP contribution in [0.2, 0.25) is 0 Å². The molecule has 126 valence electrons. The Bertz CT molecular complexity index is 497. The summed E-state index contributed by atoms with van der Waals surface area (Å²) in [6, 6.07) is 3.82. The summed E-state index contributed by atoms with van der Waals surface area (Å²) in [5.41, 5.74) is 0.981. The number of pyridine rings is 1. The van der Waals surface area contributed by atoms with E-state index in [1.54, 1.807) is 0 Å². The number of amides is 2. The molecule has 7 heteroatoms. The molecule has 0 unspecified atom stereocenters. The van der Waals surface area contributed by atoms with Crippen LogP contribution in [0.4, 0.5) is 10.6 Å². The largest absolute Gasteiger partial charge is 0.378 e. The van der Waals surface area contributed by atoms with Gasteiger partial charge in [0, 0.05) is 39.0 Å². The molecular formula is C16H24N4O3. The molecule has 0 bridgehead atoms. The van der Waals surface area contributed by atoms with Crippen LogP contribution < -0.4 is 15.5 Å². The summed E-state index contributed by atoms with van der Waals surface area (Å²) in [6.45, 7) is 5.07. The zero-order valence-electron chi connectivity index (χ0n) is 13.3. The third kappa shape index (κ3) is 4.80. The molecule has 3 heterocycles. The Morgan fingerprint density at radius 3 is 2.83 bits per heavy atom. The van der Waals surface area contributed by atoms with E-state index >= 15 is 0 Å². The van der Waals surface area contributed by atoms with Crippen molar-refractivity contribution in [2.24, 2.45) is 0 Å². The Labute approximate surface area is 136 Å². The van der Waals surface area contributed by atoms with Gasteiger partial charge in [-0.3, -0.25) is 0 Å². The molecular weight excluding hydrogens is 296 g/mol. The van der Waals surface area contributed by atoms with Gasteiger partial charge in [-0.05, 0) is 24.5 Å². The van der Waals surface area contributed by atoms with Crippen molar-refractivity contribution in [1.82, 2.24) is 15.6 Å². The van der Waals surface area contributed by atoms with Crippen molar-refractivity contribution in [2.75, 3.05) is 44.4 Å². The average molecular weight is 320 g/mol. The van der Waals surface area contributed by atoms with Gasteiger partial charge in [-0.2, -0.15) is 0 Å². The molecule has 0 aromatic carbocycles. The average Bonchev–Trinajstić information content (AvgIpc) is 3.13. The van der Waals surface area contributed by atoms with Crippen molar-refractivity contribution in [3.05, 3.63) is 23.9 Å². The van der Waals surface area contributed by atoms with Gasteiger partial charge in [0.05, 0.1) is 19.3 Å². The van der Waals surface area contributed by atoms with E-state index in [0.717, 1.165) is 57.1 Å². The lowest BCUT2D eigenvalue weighted by molar-refractivity contribution is 0.111. The van der Waals surface area contributed by atoms with Crippen LogP contribution in [0.1, 0.15) is 18.4 Å². The minimum atomic E-state index is -0.169. The van der Waals surface area contributed by atoms with Gasteiger partial charge < -0.3 is 25.0 Å². The number of ether oxygens (including phenoxy) is 2. The summed E-state index contributed by atoms with van der Waals surface area (Å²) in [6.07, 6.45) is 4.07. The van der Waals surface area contributed by atoms with Crippen molar-refractivity contribution in [2.45, 2.75) is 25.5 Å². The zero-order valence-corrected chi connectivity index (χ0v) is 13.3. The summed E-state index contributed by atoms with van der Waals surface area (Å²) in [7, 11) is 0. The van der Waals surface area contributed by atoms with Crippen LogP contribution in [0.3, 0.4) is 0 Å². The number of hydrogen-bond acceptors (Lipinski definition) is 5. The Kier molecular flexibility index (Phi) is 5.65. The molecule has 1 atom stereocenters. The van der Waals surface area contributed by atoms with E-state index in [4.69, 9.17) is 9.47 Å². The molecule has 2 aliphatic heterocycles. The molecule has 0 saturated carbocycles. The minimum Gasteiger partial charge on any atom is -0.378 e. The van der Waals surface area contributed by atoms with Crippen molar-refractivity contribution in [1.29, 1.82) is 0 Å². The molecule has 0 spiro atoms. The Balaban J connectivity index is 1.40. The smallest absolute Gasteiger partial charge is 0.315 e. The molecule has 3 rings (SSSR count). The number of urea groups is 1. The maximum absolute atomic E-state index is 11.8. The molecule has 0 aliphatic carbocycles. The fourth-order valence-corrected chi connectivity index (χ4v) is 2.76. The maximum Gasteiger partial charge on any atom is 0.315 e. The van der Waals surface area contributed by atoms with Crippen LogP contribution in [0.25, 0.3) is 0 Å². The minimum absolute atomic E-state index is 0.162. The maximum atomic E-state index is 11.8. The SMILES string of the molecule is O=C(NCc1ccc(N2CCOCC2)nc1)NC[C@H]1CCCO1. The first-order chi connectivity index (χ1) is 11.3. The Morgan fingerprint density at radius 2 is 2.13 bits per heavy atom. The van der Waals surface area contributed by atoms with Gasteiger partial charge in [0.25, 0.3) is 0 Å². The van der Waals surface area contributed by atoms with Gasteiger partial charge in [0.15, 0.2) is 0 Å². The number of morpholine rings is 1. The molecule has 7 nitrogen and oxygen atoms in total. The third-order valence-corrected chi connectivity index (χ3v) is 4.11. The van der Waals surface area contributed by atoms with Crippen molar-refractivity contribution in [3.8, 4) is 0 Å². The van der Waals surface area contributed by atoms with E-state index in [9.17, 15) is 4.79 Å². The number of carbonyl (C=O) groups excluding carboxylic acids is 1. The summed E-state index contributed by atoms with van der Waals surface area (Å²) in [5.74, 6) is 0.958. The second-order valence-electron chi connectivity index (χ2n) is 5.82. The predicted molar refractivity (Wildman–Crippen MR) is 86.5 cm³/mol. The number of hydrogen-bond donors (Lipinski definition) is 2. The van der Waals surface area contributed by atoms with E-state index in [1.165, 1.54) is 0 Å². The molecule has 2 fully saturated rings. The van der Waals surface area contributed by atoms with Crippen LogP contribution >= 0.6 is 0 Å². The molecule has 0 radical (unpaired) electrons. The Morgan fingerprint density at radius 1 is 1.26 bits per heavy atom. The van der Waals surface area contributed by atoms with E-state index < -0.39 is 0 Å². The highest BCUT2D eigenvalue weighted by Crippen LogP contribution is 2.13. The molecule has 2 amide bonds. The van der Waals surface area contributed by atoms with E-state index in [2.05, 4.69) is 20.5 Å². The first-order valence-electron chi connectivity index (χ1n) is 8.22. The highest BCUT2D eigenvalue weighted by atomic mass is 16.5. The molecule has 1 aromatic heterocycles. The monoisotopic (exact) mass is 320 g/mol. The lowest BCUT2D eigenvalue weighted by Gasteiger charge is -2.27. The normalized spacial score (nSPS) is 21.2. The number of nitrogens with zero attached hydrogens (tertiary/aromatic N) is 2. The second-order valence-corrected chi connectivity index (χ2v) is 5.82. The quantitative estimate of drug-likeness (QED) is 0.843. The van der Waals surface area contributed by atoms with Crippen molar-refractivity contribution < 1.29 is 14.3 Å². The molecule has 2 aliphatic rings. The zero-order chi connectivity index (χ0) is 15.9. The third-order valence-electron chi connectivity index (χ3n) is 4.11. The fourth-order valence-electron chi connectivity index (χ4n) is 2.76. The van der Waals surface area contributed by atoms with Crippen molar-refractivity contribution >= 4 is 11.8 Å². The number of anilines is 1. The summed E-state index contributed by atoms with van der Waals surface area (Å²) < 4.78 is 10.8. The summed E-state index contributed by atoms with van der Waals surface area (Å²) >= 11 is 0. The predicted octanol–water partition coefficient (Wildman–Crippen LogP) is 0.896. The summed E-state index contributed by atoms with van der Waals surface area (Å²) in [5, 5.41) is 5.68. The van der Waals surface area contributed by atoms with Crippen LogP contribution in [0, 0.1) is 0 Å². The highest BCUT2D eigenvalue weighted by molar-refractivity contribution is 5.73. The van der Waals surface area contributed by atoms with Crippen LogP contribution in [0.15, 0.2) is 18.3 Å². The molecule has 23 heavy (non-hydrogen) atoms. The first-order valence-corrected chi connectivity index (χ1v) is 8.22.